The van der Waals surface area contributed by atoms with Gasteiger partial charge in [0.05, 0.1) is 17.8 Å². The maximum Gasteiger partial charge on any atom is 0.331 e. The van der Waals surface area contributed by atoms with E-state index in [1.807, 2.05) is 39.0 Å². The maximum absolute atomic E-state index is 12.5. The van der Waals surface area contributed by atoms with Crippen LogP contribution in [0.3, 0.4) is 0 Å². The van der Waals surface area contributed by atoms with Gasteiger partial charge >= 0.3 is 6.03 Å². The van der Waals surface area contributed by atoms with Crippen LogP contribution in [0.1, 0.15) is 26.5 Å². The summed E-state index contributed by atoms with van der Waals surface area (Å²) in [5, 5.41) is 0. The fourth-order valence-corrected chi connectivity index (χ4v) is 2.13. The molecule has 2 heterocycles. The zero-order chi connectivity index (χ0) is 15.5. The van der Waals surface area contributed by atoms with E-state index in [4.69, 9.17) is 4.74 Å². The summed E-state index contributed by atoms with van der Waals surface area (Å²) in [4.78, 5) is 18.5. The Bertz CT molecular complexity index is 596. The molecular weight excluding hydrogens is 266 g/mol. The Hall–Kier alpha value is -2.14. The molecule has 1 aliphatic heterocycles. The van der Waals surface area contributed by atoms with Gasteiger partial charge in [-0.3, -0.25) is 9.47 Å². The number of hydrogen-bond donors (Lipinski definition) is 0. The van der Waals surface area contributed by atoms with E-state index in [0.717, 1.165) is 11.3 Å². The molecule has 1 aromatic rings. The summed E-state index contributed by atoms with van der Waals surface area (Å²) in [7, 11) is 0. The molecule has 0 spiro atoms. The molecule has 0 atom stereocenters. The Balaban J connectivity index is 2.23. The third kappa shape index (κ3) is 3.13. The lowest BCUT2D eigenvalue weighted by atomic mass is 10.1. The largest absolute Gasteiger partial charge is 0.359 e. The first-order valence-corrected chi connectivity index (χ1v) is 6.89. The smallest absolute Gasteiger partial charge is 0.331 e. The zero-order valence-corrected chi connectivity index (χ0v) is 12.7. The highest BCUT2D eigenvalue weighted by molar-refractivity contribution is 5.80. The van der Waals surface area contributed by atoms with Crippen LogP contribution in [0.15, 0.2) is 43.4 Å². The number of aromatic nitrogens is 2. The molecule has 1 fully saturated rings. The molecule has 5 nitrogen and oxygen atoms in total. The van der Waals surface area contributed by atoms with Gasteiger partial charge in [0, 0.05) is 11.8 Å². The van der Waals surface area contributed by atoms with Crippen LogP contribution < -0.4 is 0 Å². The molecule has 5 heteroatoms. The fraction of sp³-hybridized carbons (Fsp3) is 0.375. The van der Waals surface area contributed by atoms with Gasteiger partial charge in [-0.2, -0.15) is 0 Å². The van der Waals surface area contributed by atoms with Gasteiger partial charge in [0.2, 0.25) is 0 Å². The van der Waals surface area contributed by atoms with Crippen molar-refractivity contribution in [1.82, 2.24) is 14.5 Å². The van der Waals surface area contributed by atoms with Crippen LogP contribution in [0, 0.1) is 0 Å². The predicted octanol–water partition coefficient (Wildman–Crippen LogP) is 3.07. The van der Waals surface area contributed by atoms with Crippen LogP contribution in [0.5, 0.6) is 0 Å². The summed E-state index contributed by atoms with van der Waals surface area (Å²) in [5.41, 5.74) is 1.29. The van der Waals surface area contributed by atoms with Crippen molar-refractivity contribution < 1.29 is 9.53 Å². The Labute approximate surface area is 125 Å². The second kappa shape index (κ2) is 6.10. The summed E-state index contributed by atoms with van der Waals surface area (Å²) < 4.78 is 6.86. The van der Waals surface area contributed by atoms with E-state index < -0.39 is 0 Å². The van der Waals surface area contributed by atoms with Gasteiger partial charge in [-0.1, -0.05) is 30.9 Å². The number of amides is 1. The summed E-state index contributed by atoms with van der Waals surface area (Å²) in [6.07, 6.45) is 10.7. The number of carbonyl (C=O) groups excluding carboxylic acids is 1. The van der Waals surface area contributed by atoms with E-state index in [2.05, 4.69) is 11.6 Å². The lowest BCUT2D eigenvalue weighted by Gasteiger charge is -2.28. The van der Waals surface area contributed by atoms with Crippen molar-refractivity contribution in [2.75, 3.05) is 13.3 Å². The van der Waals surface area contributed by atoms with Gasteiger partial charge in [0.25, 0.3) is 0 Å². The standard InChI is InChI=1S/C16H21N3O2/c1-5-7-8-13(6-2)14-9-18(11-17-14)15(20)19-12-21-10-16(19,3)4/h5-9,11H,2,10,12H2,1,3-4H3/b7-5-,13-8+. The minimum atomic E-state index is -0.302. The van der Waals surface area contributed by atoms with E-state index in [0.29, 0.717) is 13.3 Å². The van der Waals surface area contributed by atoms with E-state index in [-0.39, 0.29) is 11.6 Å². The third-order valence-corrected chi connectivity index (χ3v) is 3.42. The lowest BCUT2D eigenvalue weighted by molar-refractivity contribution is 0.140. The van der Waals surface area contributed by atoms with Crippen molar-refractivity contribution in [3.8, 4) is 0 Å². The summed E-state index contributed by atoms with van der Waals surface area (Å²) in [6, 6.07) is -0.134. The third-order valence-electron chi connectivity index (χ3n) is 3.42. The molecule has 1 aliphatic rings. The van der Waals surface area contributed by atoms with Gasteiger partial charge in [0.15, 0.2) is 0 Å². The minimum absolute atomic E-state index is 0.134. The Kier molecular flexibility index (Phi) is 4.43. The lowest BCUT2D eigenvalue weighted by Crippen LogP contribution is -2.45. The first-order chi connectivity index (χ1) is 9.99. The normalized spacial score (nSPS) is 18.4. The quantitative estimate of drug-likeness (QED) is 0.803. The molecular formula is C16H21N3O2. The molecule has 0 saturated carbocycles. The first kappa shape index (κ1) is 15.3. The molecule has 1 aromatic heterocycles. The molecule has 2 rings (SSSR count). The Morgan fingerprint density at radius 1 is 1.52 bits per heavy atom. The highest BCUT2D eigenvalue weighted by Crippen LogP contribution is 2.23. The molecule has 1 saturated heterocycles. The average Bonchev–Trinajstić information content (AvgIpc) is 3.05. The number of nitrogens with zero attached hydrogens (tertiary/aromatic N) is 3. The van der Waals surface area contributed by atoms with Gasteiger partial charge in [0.1, 0.15) is 13.1 Å². The van der Waals surface area contributed by atoms with Gasteiger partial charge in [-0.15, -0.1) is 0 Å². The molecule has 0 N–H and O–H groups in total. The SMILES string of the molecule is C=C/C(=C\C=C/C)c1cn(C(=O)N2COCC2(C)C)cn1. The summed E-state index contributed by atoms with van der Waals surface area (Å²) in [5.74, 6) is 0. The van der Waals surface area contributed by atoms with Gasteiger partial charge < -0.3 is 4.74 Å². The van der Waals surface area contributed by atoms with E-state index in [1.165, 1.54) is 10.9 Å². The fourth-order valence-electron chi connectivity index (χ4n) is 2.13. The van der Waals surface area contributed by atoms with E-state index >= 15 is 0 Å². The monoisotopic (exact) mass is 287 g/mol. The van der Waals surface area contributed by atoms with Crippen LogP contribution in [-0.2, 0) is 4.74 Å². The Morgan fingerprint density at radius 2 is 2.29 bits per heavy atom. The molecule has 0 unspecified atom stereocenters. The predicted molar refractivity (Wildman–Crippen MR) is 82.7 cm³/mol. The second-order valence-corrected chi connectivity index (χ2v) is 5.52. The van der Waals surface area contributed by atoms with Crippen LogP contribution in [0.2, 0.25) is 0 Å². The van der Waals surface area contributed by atoms with E-state index in [1.54, 1.807) is 17.2 Å². The molecule has 112 valence electrons. The van der Waals surface area contributed by atoms with Crippen molar-refractivity contribution in [1.29, 1.82) is 0 Å². The van der Waals surface area contributed by atoms with Gasteiger partial charge in [-0.25, -0.2) is 9.78 Å². The number of carbonyl (C=O) groups is 1. The topological polar surface area (TPSA) is 47.4 Å². The van der Waals surface area contributed by atoms with Crippen LogP contribution in [-0.4, -0.2) is 39.4 Å². The average molecular weight is 287 g/mol. The van der Waals surface area contributed by atoms with Crippen molar-refractivity contribution in [3.63, 3.8) is 0 Å². The molecule has 1 amide bonds. The zero-order valence-electron chi connectivity index (χ0n) is 12.7. The molecule has 0 radical (unpaired) electrons. The highest BCUT2D eigenvalue weighted by Gasteiger charge is 2.37. The van der Waals surface area contributed by atoms with Crippen molar-refractivity contribution in [3.05, 3.63) is 49.1 Å². The molecule has 21 heavy (non-hydrogen) atoms. The molecule has 0 aliphatic carbocycles. The second-order valence-electron chi connectivity index (χ2n) is 5.52. The Morgan fingerprint density at radius 3 is 2.86 bits per heavy atom. The number of hydrogen-bond acceptors (Lipinski definition) is 3. The minimum Gasteiger partial charge on any atom is -0.359 e. The van der Waals surface area contributed by atoms with Crippen molar-refractivity contribution in [2.24, 2.45) is 0 Å². The summed E-state index contributed by atoms with van der Waals surface area (Å²) >= 11 is 0. The molecule has 0 aromatic carbocycles. The van der Waals surface area contributed by atoms with Gasteiger partial charge in [-0.05, 0) is 20.8 Å². The van der Waals surface area contributed by atoms with Crippen molar-refractivity contribution >= 4 is 11.6 Å². The van der Waals surface area contributed by atoms with Crippen LogP contribution in [0.4, 0.5) is 4.79 Å². The maximum atomic E-state index is 12.5. The van der Waals surface area contributed by atoms with E-state index in [9.17, 15) is 4.79 Å². The number of ether oxygens (including phenoxy) is 1. The summed E-state index contributed by atoms with van der Waals surface area (Å²) in [6.45, 7) is 10.5. The van der Waals surface area contributed by atoms with Crippen molar-refractivity contribution in [2.45, 2.75) is 26.3 Å². The van der Waals surface area contributed by atoms with Crippen LogP contribution in [0.25, 0.3) is 5.57 Å². The number of allylic oxidation sites excluding steroid dienone is 5. The molecule has 0 bridgehead atoms. The number of imidazole rings is 1. The first-order valence-electron chi connectivity index (χ1n) is 6.89. The van der Waals surface area contributed by atoms with Crippen LogP contribution >= 0.6 is 0 Å². The number of rotatable bonds is 3. The highest BCUT2D eigenvalue weighted by atomic mass is 16.5.